The fourth-order valence-electron chi connectivity index (χ4n) is 3.32. The van der Waals surface area contributed by atoms with Gasteiger partial charge in [-0.05, 0) is 0 Å². The fraction of sp³-hybridized carbons (Fsp3) is 0. The Kier molecular flexibility index (Phi) is 3.44. The molecule has 0 saturated carbocycles. The number of rotatable bonds is 2. The van der Waals surface area contributed by atoms with E-state index in [1.54, 1.807) is 6.20 Å². The molecule has 0 aliphatic carbocycles. The van der Waals surface area contributed by atoms with Crippen molar-refractivity contribution in [2.24, 2.45) is 0 Å². The van der Waals surface area contributed by atoms with E-state index in [0.29, 0.717) is 14.5 Å². The second kappa shape index (κ2) is 5.92. The molecule has 5 aromatic rings. The third-order valence-electron chi connectivity index (χ3n) is 4.39. The van der Waals surface area contributed by atoms with E-state index in [1.807, 2.05) is 12.1 Å². The third kappa shape index (κ3) is 2.39. The van der Waals surface area contributed by atoms with Gasteiger partial charge in [0.05, 0.1) is 0 Å². The predicted octanol–water partition coefficient (Wildman–Crippen LogP) is 4.57. The topological polar surface area (TPSA) is 38.7 Å². The number of fused-ring (bicyclic) bond motifs is 3. The molecule has 25 heavy (non-hydrogen) atoms. The molecule has 0 amide bonds. The molecule has 0 saturated heterocycles. The van der Waals surface area contributed by atoms with E-state index in [2.05, 4.69) is 76.1 Å². The molecule has 0 unspecified atom stereocenters. The summed E-state index contributed by atoms with van der Waals surface area (Å²) in [6, 6.07) is 25.6. The van der Waals surface area contributed by atoms with Gasteiger partial charge >= 0.3 is 151 Å². The van der Waals surface area contributed by atoms with Gasteiger partial charge in [-0.1, -0.05) is 0 Å². The molecule has 0 spiro atoms. The van der Waals surface area contributed by atoms with E-state index in [-0.39, 0.29) is 0 Å². The number of hydrogen-bond donors (Lipinski definition) is 0. The predicted molar refractivity (Wildman–Crippen MR) is 103 cm³/mol. The SMILES string of the molecule is c1ccc(-c2ccc3[se]c4ccccc4c3c2-c2ccnnn2)cc1. The number of hydrogen-bond acceptors (Lipinski definition) is 3. The van der Waals surface area contributed by atoms with E-state index in [9.17, 15) is 0 Å². The van der Waals surface area contributed by atoms with Gasteiger partial charge in [-0.15, -0.1) is 0 Å². The van der Waals surface area contributed by atoms with Crippen molar-refractivity contribution in [3.8, 4) is 22.4 Å². The van der Waals surface area contributed by atoms with Crippen LogP contribution < -0.4 is 0 Å². The molecule has 0 radical (unpaired) electrons. The van der Waals surface area contributed by atoms with Crippen LogP contribution in [0.15, 0.2) is 79.0 Å². The van der Waals surface area contributed by atoms with Crippen LogP contribution in [0, 0.1) is 0 Å². The number of aromatic nitrogens is 3. The van der Waals surface area contributed by atoms with Gasteiger partial charge in [0.1, 0.15) is 0 Å². The van der Waals surface area contributed by atoms with Gasteiger partial charge in [0, 0.05) is 0 Å². The molecular formula is C21H13N3Se. The zero-order chi connectivity index (χ0) is 16.6. The summed E-state index contributed by atoms with van der Waals surface area (Å²) in [5.74, 6) is 0. The zero-order valence-electron chi connectivity index (χ0n) is 13.3. The Labute approximate surface area is 150 Å². The summed E-state index contributed by atoms with van der Waals surface area (Å²) < 4.78 is 2.83. The van der Waals surface area contributed by atoms with Gasteiger partial charge in [0.15, 0.2) is 0 Å². The second-order valence-electron chi connectivity index (χ2n) is 5.83. The summed E-state index contributed by atoms with van der Waals surface area (Å²) in [7, 11) is 0. The molecule has 0 aliphatic rings. The van der Waals surface area contributed by atoms with E-state index in [0.717, 1.165) is 11.3 Å². The van der Waals surface area contributed by atoms with Gasteiger partial charge in [0.25, 0.3) is 0 Å². The van der Waals surface area contributed by atoms with Crippen LogP contribution in [-0.4, -0.2) is 29.9 Å². The summed E-state index contributed by atoms with van der Waals surface area (Å²) in [5.41, 5.74) is 4.41. The molecule has 5 rings (SSSR count). The standard InChI is InChI=1S/C21H13N3Se/c1-2-6-14(7-3-1)15-10-11-19-21(16-8-4-5-9-18(16)25-19)20(15)17-12-13-22-24-23-17/h1-13H. The van der Waals surface area contributed by atoms with Gasteiger partial charge in [-0.3, -0.25) is 0 Å². The molecule has 3 aromatic carbocycles. The summed E-state index contributed by atoms with van der Waals surface area (Å²) in [4.78, 5) is 0. The average molecular weight is 386 g/mol. The quantitative estimate of drug-likeness (QED) is 0.417. The molecule has 0 aliphatic heterocycles. The normalized spacial score (nSPS) is 11.2. The van der Waals surface area contributed by atoms with Crippen molar-refractivity contribution in [3.05, 3.63) is 79.0 Å². The van der Waals surface area contributed by atoms with Crippen LogP contribution in [0.5, 0.6) is 0 Å². The molecule has 118 valence electrons. The van der Waals surface area contributed by atoms with Crippen molar-refractivity contribution < 1.29 is 0 Å². The van der Waals surface area contributed by atoms with Crippen LogP contribution in [0.1, 0.15) is 0 Å². The van der Waals surface area contributed by atoms with Gasteiger partial charge in [0.2, 0.25) is 0 Å². The van der Waals surface area contributed by atoms with Crippen molar-refractivity contribution in [1.29, 1.82) is 0 Å². The fourth-order valence-corrected chi connectivity index (χ4v) is 5.65. The Morgan fingerprint density at radius 3 is 2.40 bits per heavy atom. The van der Waals surface area contributed by atoms with E-state index < -0.39 is 0 Å². The van der Waals surface area contributed by atoms with Gasteiger partial charge < -0.3 is 0 Å². The molecule has 0 bridgehead atoms. The Morgan fingerprint density at radius 2 is 1.56 bits per heavy atom. The first-order valence-electron chi connectivity index (χ1n) is 8.06. The molecule has 0 N–H and O–H groups in total. The second-order valence-corrected chi connectivity index (χ2v) is 8.11. The third-order valence-corrected chi connectivity index (χ3v) is 6.77. The summed E-state index contributed by atoms with van der Waals surface area (Å²) in [5, 5.41) is 14.7. The van der Waals surface area contributed by atoms with Crippen molar-refractivity contribution in [2.45, 2.75) is 0 Å². The Balaban J connectivity index is 1.97. The van der Waals surface area contributed by atoms with Crippen LogP contribution in [-0.2, 0) is 0 Å². The minimum atomic E-state index is 0.330. The average Bonchev–Trinajstić information content (AvgIpc) is 3.07. The minimum absolute atomic E-state index is 0.330. The first-order valence-corrected chi connectivity index (χ1v) is 9.77. The van der Waals surface area contributed by atoms with E-state index in [4.69, 9.17) is 0 Å². The number of nitrogens with zero attached hydrogens (tertiary/aromatic N) is 3. The van der Waals surface area contributed by atoms with E-state index in [1.165, 1.54) is 30.4 Å². The summed E-state index contributed by atoms with van der Waals surface area (Å²) in [6.07, 6.45) is 1.71. The summed E-state index contributed by atoms with van der Waals surface area (Å²) >= 11 is 0.330. The first kappa shape index (κ1) is 14.5. The Bertz CT molecular complexity index is 1180. The van der Waals surface area contributed by atoms with Crippen LogP contribution in [0.2, 0.25) is 0 Å². The molecule has 0 atom stereocenters. The van der Waals surface area contributed by atoms with Crippen LogP contribution in [0.4, 0.5) is 0 Å². The van der Waals surface area contributed by atoms with Crippen LogP contribution in [0.25, 0.3) is 41.7 Å². The molecule has 3 nitrogen and oxygen atoms in total. The van der Waals surface area contributed by atoms with Crippen molar-refractivity contribution in [2.75, 3.05) is 0 Å². The first-order chi connectivity index (χ1) is 12.4. The van der Waals surface area contributed by atoms with Crippen molar-refractivity contribution >= 4 is 33.8 Å². The van der Waals surface area contributed by atoms with Gasteiger partial charge in [-0.2, -0.15) is 0 Å². The van der Waals surface area contributed by atoms with Crippen LogP contribution >= 0.6 is 0 Å². The zero-order valence-corrected chi connectivity index (χ0v) is 15.0. The molecule has 0 fully saturated rings. The number of benzene rings is 3. The van der Waals surface area contributed by atoms with Gasteiger partial charge in [-0.25, -0.2) is 0 Å². The molecular weight excluding hydrogens is 373 g/mol. The monoisotopic (exact) mass is 387 g/mol. The molecule has 4 heteroatoms. The van der Waals surface area contributed by atoms with E-state index >= 15 is 0 Å². The van der Waals surface area contributed by atoms with Crippen molar-refractivity contribution in [1.82, 2.24) is 15.4 Å². The Morgan fingerprint density at radius 1 is 0.720 bits per heavy atom. The summed E-state index contributed by atoms with van der Waals surface area (Å²) in [6.45, 7) is 0. The molecule has 2 heterocycles. The maximum atomic E-state index is 4.33. The maximum absolute atomic E-state index is 4.33. The van der Waals surface area contributed by atoms with Crippen LogP contribution in [0.3, 0.4) is 0 Å². The Hall–Kier alpha value is -2.81. The molecule has 2 aromatic heterocycles. The van der Waals surface area contributed by atoms with Crippen molar-refractivity contribution in [3.63, 3.8) is 0 Å².